The minimum Gasteiger partial charge on any atom is -0.360 e. The van der Waals surface area contributed by atoms with Crippen molar-refractivity contribution in [2.24, 2.45) is 0 Å². The van der Waals surface area contributed by atoms with Gasteiger partial charge in [0.1, 0.15) is 11.3 Å². The third-order valence-electron chi connectivity index (χ3n) is 4.75. The van der Waals surface area contributed by atoms with Crippen molar-refractivity contribution in [3.05, 3.63) is 101 Å². The normalized spacial score (nSPS) is 14.3. The minimum atomic E-state index is -3.26. The van der Waals surface area contributed by atoms with E-state index >= 15 is 0 Å². The highest BCUT2D eigenvalue weighted by Gasteiger charge is 2.26. The van der Waals surface area contributed by atoms with Gasteiger partial charge < -0.3 is 5.32 Å². The molecule has 3 aromatic rings. The first-order valence-corrected chi connectivity index (χ1v) is 15.2. The maximum Gasteiger partial charge on any atom is 0.175 e. The third kappa shape index (κ3) is 9.12. The van der Waals surface area contributed by atoms with Crippen molar-refractivity contribution in [3.8, 4) is 0 Å². The van der Waals surface area contributed by atoms with Crippen molar-refractivity contribution in [1.82, 2.24) is 10.6 Å². The summed E-state index contributed by atoms with van der Waals surface area (Å²) in [7, 11) is -3.26. The van der Waals surface area contributed by atoms with Crippen molar-refractivity contribution in [3.63, 3.8) is 0 Å². The van der Waals surface area contributed by atoms with Gasteiger partial charge in [-0.25, -0.2) is 12.8 Å². The molecule has 0 amide bonds. The molecule has 0 bridgehead atoms. The Bertz CT molecular complexity index is 1160. The van der Waals surface area contributed by atoms with Crippen LogP contribution in [0.15, 0.2) is 83.8 Å². The molecule has 1 atom stereocenters. The molecule has 36 heavy (non-hydrogen) atoms. The average Bonchev–Trinajstić information content (AvgIpc) is 3.36. The summed E-state index contributed by atoms with van der Waals surface area (Å²) in [6.45, 7) is 12.7. The van der Waals surface area contributed by atoms with E-state index in [1.165, 1.54) is 24.0 Å². The zero-order valence-electron chi connectivity index (χ0n) is 22.3. The maximum absolute atomic E-state index is 13.4. The van der Waals surface area contributed by atoms with Crippen LogP contribution in [0.4, 0.5) is 4.39 Å². The van der Waals surface area contributed by atoms with E-state index in [0.29, 0.717) is 6.54 Å². The standard InChI is InChI=1S/C23H21FN2O2S2.3C2H6/c1-30(27,28)20-13-9-18(10-14-20)22-21(17-7-11-19(24)12-8-17)26-23(29-22)25-15-16-5-3-2-4-6-16;3*1-2/h2-14,23,25-26H,15H2,1H3;3*1-2H3. The first-order chi connectivity index (χ1) is 17.4. The molecular weight excluding hydrogens is 491 g/mol. The molecule has 4 nitrogen and oxygen atoms in total. The Morgan fingerprint density at radius 1 is 0.806 bits per heavy atom. The lowest BCUT2D eigenvalue weighted by atomic mass is 10.1. The van der Waals surface area contributed by atoms with Crippen LogP contribution in [-0.2, 0) is 16.4 Å². The average molecular weight is 531 g/mol. The Kier molecular flexibility index (Phi) is 14.1. The highest BCUT2D eigenvalue weighted by atomic mass is 32.2. The zero-order chi connectivity index (χ0) is 27.1. The molecule has 2 N–H and O–H groups in total. The van der Waals surface area contributed by atoms with Gasteiger partial charge in [-0.2, -0.15) is 0 Å². The second-order valence-corrected chi connectivity index (χ2v) is 10.1. The summed E-state index contributed by atoms with van der Waals surface area (Å²) in [5.74, 6) is -0.289. The van der Waals surface area contributed by atoms with Crippen molar-refractivity contribution < 1.29 is 12.8 Å². The van der Waals surface area contributed by atoms with Gasteiger partial charge in [0.15, 0.2) is 9.84 Å². The lowest BCUT2D eigenvalue weighted by Gasteiger charge is -2.14. The van der Waals surface area contributed by atoms with Crippen LogP contribution >= 0.6 is 11.8 Å². The maximum atomic E-state index is 13.4. The van der Waals surface area contributed by atoms with Crippen LogP contribution in [0.3, 0.4) is 0 Å². The van der Waals surface area contributed by atoms with E-state index in [2.05, 4.69) is 22.8 Å². The number of sulfone groups is 1. The number of hydrogen-bond donors (Lipinski definition) is 2. The van der Waals surface area contributed by atoms with E-state index in [1.807, 2.05) is 71.9 Å². The van der Waals surface area contributed by atoms with E-state index in [1.54, 1.807) is 36.0 Å². The van der Waals surface area contributed by atoms with Crippen LogP contribution in [-0.4, -0.2) is 20.2 Å². The number of thioether (sulfide) groups is 1. The molecule has 0 spiro atoms. The Hall–Kier alpha value is -2.61. The van der Waals surface area contributed by atoms with Crippen LogP contribution in [0.2, 0.25) is 0 Å². The second-order valence-electron chi connectivity index (χ2n) is 7.02. The first kappa shape index (κ1) is 31.4. The predicted molar refractivity (Wildman–Crippen MR) is 155 cm³/mol. The van der Waals surface area contributed by atoms with Crippen LogP contribution in [0.5, 0.6) is 0 Å². The smallest absolute Gasteiger partial charge is 0.175 e. The number of benzene rings is 3. The Morgan fingerprint density at radius 3 is 1.86 bits per heavy atom. The number of hydrogen-bond acceptors (Lipinski definition) is 5. The van der Waals surface area contributed by atoms with Gasteiger partial charge in [0.2, 0.25) is 0 Å². The van der Waals surface area contributed by atoms with Gasteiger partial charge in [-0.1, -0.05) is 95.8 Å². The molecule has 0 radical (unpaired) electrons. The molecule has 0 aliphatic carbocycles. The molecule has 4 rings (SSSR count). The van der Waals surface area contributed by atoms with E-state index in [0.717, 1.165) is 21.7 Å². The first-order valence-electron chi connectivity index (χ1n) is 12.4. The molecule has 0 fully saturated rings. The summed E-state index contributed by atoms with van der Waals surface area (Å²) >= 11 is 1.62. The Labute approximate surface area is 221 Å². The summed E-state index contributed by atoms with van der Waals surface area (Å²) in [6, 6.07) is 23.3. The van der Waals surface area contributed by atoms with E-state index in [-0.39, 0.29) is 16.2 Å². The molecule has 0 saturated heterocycles. The SMILES string of the molecule is CC.CC.CC.CS(=O)(=O)c1ccc(C2=C(c3ccc(F)cc3)NC(NCc3ccccc3)S2)cc1. The number of rotatable bonds is 6. The summed E-state index contributed by atoms with van der Waals surface area (Å²) in [4.78, 5) is 1.26. The lowest BCUT2D eigenvalue weighted by molar-refractivity contribution is 0.602. The van der Waals surface area contributed by atoms with Crippen molar-refractivity contribution in [2.45, 2.75) is 58.5 Å². The van der Waals surface area contributed by atoms with Gasteiger partial charge in [0, 0.05) is 17.7 Å². The summed E-state index contributed by atoms with van der Waals surface area (Å²) < 4.78 is 37.0. The highest BCUT2D eigenvalue weighted by Crippen LogP contribution is 2.41. The largest absolute Gasteiger partial charge is 0.360 e. The quantitative estimate of drug-likeness (QED) is 0.345. The van der Waals surface area contributed by atoms with Crippen LogP contribution < -0.4 is 10.6 Å². The van der Waals surface area contributed by atoms with Gasteiger partial charge in [-0.3, -0.25) is 5.32 Å². The molecule has 196 valence electrons. The van der Waals surface area contributed by atoms with Gasteiger partial charge >= 0.3 is 0 Å². The summed E-state index contributed by atoms with van der Waals surface area (Å²) in [5.41, 5.74) is 3.76. The van der Waals surface area contributed by atoms with Crippen LogP contribution in [0, 0.1) is 5.82 Å². The van der Waals surface area contributed by atoms with Gasteiger partial charge in [-0.15, -0.1) is 0 Å². The molecular formula is C29H39FN2O2S2. The monoisotopic (exact) mass is 530 g/mol. The Morgan fingerprint density at radius 2 is 1.33 bits per heavy atom. The van der Waals surface area contributed by atoms with Crippen molar-refractivity contribution >= 4 is 32.2 Å². The lowest BCUT2D eigenvalue weighted by Crippen LogP contribution is -2.34. The van der Waals surface area contributed by atoms with E-state index < -0.39 is 9.84 Å². The molecule has 3 aromatic carbocycles. The molecule has 1 unspecified atom stereocenters. The fourth-order valence-electron chi connectivity index (χ4n) is 3.20. The summed E-state index contributed by atoms with van der Waals surface area (Å²) in [6.07, 6.45) is 1.20. The second kappa shape index (κ2) is 16.2. The van der Waals surface area contributed by atoms with Crippen LogP contribution in [0.25, 0.3) is 10.6 Å². The molecule has 1 aliphatic rings. The van der Waals surface area contributed by atoms with E-state index in [9.17, 15) is 12.8 Å². The molecule has 0 aromatic heterocycles. The number of nitrogens with one attached hydrogen (secondary N) is 2. The van der Waals surface area contributed by atoms with Gasteiger partial charge in [0.25, 0.3) is 0 Å². The van der Waals surface area contributed by atoms with E-state index in [4.69, 9.17) is 0 Å². The number of halogens is 1. The highest BCUT2D eigenvalue weighted by molar-refractivity contribution is 8.09. The van der Waals surface area contributed by atoms with Crippen molar-refractivity contribution in [1.29, 1.82) is 0 Å². The molecule has 0 saturated carbocycles. The minimum absolute atomic E-state index is 0.0742. The Balaban J connectivity index is 0.00000101. The fraction of sp³-hybridized carbons (Fsp3) is 0.310. The predicted octanol–water partition coefficient (Wildman–Crippen LogP) is 7.54. The van der Waals surface area contributed by atoms with Gasteiger partial charge in [-0.05, 0) is 53.1 Å². The molecule has 1 heterocycles. The third-order valence-corrected chi connectivity index (χ3v) is 7.07. The zero-order valence-corrected chi connectivity index (χ0v) is 23.9. The fourth-order valence-corrected chi connectivity index (χ4v) is 4.98. The topological polar surface area (TPSA) is 58.2 Å². The summed E-state index contributed by atoms with van der Waals surface area (Å²) in [5, 5.41) is 6.97. The van der Waals surface area contributed by atoms with Crippen molar-refractivity contribution in [2.75, 3.05) is 6.26 Å². The molecule has 7 heteroatoms. The molecule has 1 aliphatic heterocycles. The van der Waals surface area contributed by atoms with Crippen LogP contribution in [0.1, 0.15) is 58.2 Å². The van der Waals surface area contributed by atoms with Gasteiger partial charge in [0.05, 0.1) is 10.6 Å².